The summed E-state index contributed by atoms with van der Waals surface area (Å²) in [4.78, 5) is 10.4. The van der Waals surface area contributed by atoms with Crippen molar-refractivity contribution in [3.05, 3.63) is 0 Å². The molecular weight excluding hydrogens is 206 g/mol. The third kappa shape index (κ3) is 4.92. The Morgan fingerprint density at radius 1 is 1.40 bits per heavy atom. The Kier molecular flexibility index (Phi) is 4.74. The van der Waals surface area contributed by atoms with Crippen LogP contribution in [-0.2, 0) is 4.74 Å². The standard InChI is InChI=1S/C9H16F2N2O2/c10-8(11)5-13-6-1-3-7(4-2-6)15-9(12)14/h6-8,13H,1-5H2,(H2,12,14)/t6-,7-. The van der Waals surface area contributed by atoms with Gasteiger partial charge in [-0.1, -0.05) is 0 Å². The Morgan fingerprint density at radius 2 is 2.00 bits per heavy atom. The minimum atomic E-state index is -2.32. The summed E-state index contributed by atoms with van der Waals surface area (Å²) in [6, 6.07) is 0.103. The van der Waals surface area contributed by atoms with E-state index < -0.39 is 12.5 Å². The minimum Gasteiger partial charge on any atom is -0.446 e. The SMILES string of the molecule is NC(=O)O[C@H]1CC[C@H](NCC(F)F)CC1. The molecule has 0 bridgehead atoms. The fraction of sp³-hybridized carbons (Fsp3) is 0.889. The molecule has 6 heteroatoms. The number of nitrogens with one attached hydrogen (secondary N) is 1. The quantitative estimate of drug-likeness (QED) is 0.752. The molecule has 0 aromatic carbocycles. The van der Waals surface area contributed by atoms with Crippen LogP contribution in [0.4, 0.5) is 13.6 Å². The second-order valence-corrected chi connectivity index (χ2v) is 3.71. The van der Waals surface area contributed by atoms with Crippen molar-refractivity contribution in [1.29, 1.82) is 0 Å². The highest BCUT2D eigenvalue weighted by molar-refractivity contribution is 5.64. The van der Waals surface area contributed by atoms with Gasteiger partial charge in [0.15, 0.2) is 0 Å². The van der Waals surface area contributed by atoms with Gasteiger partial charge >= 0.3 is 6.09 Å². The average Bonchev–Trinajstić information content (AvgIpc) is 2.16. The van der Waals surface area contributed by atoms with Gasteiger partial charge in [0.2, 0.25) is 0 Å². The molecule has 0 atom stereocenters. The number of nitrogens with two attached hydrogens (primary N) is 1. The first-order valence-electron chi connectivity index (χ1n) is 5.05. The molecular formula is C9H16F2N2O2. The fourth-order valence-electron chi connectivity index (χ4n) is 1.80. The zero-order valence-electron chi connectivity index (χ0n) is 8.42. The van der Waals surface area contributed by atoms with E-state index >= 15 is 0 Å². The lowest BCUT2D eigenvalue weighted by Gasteiger charge is -2.28. The van der Waals surface area contributed by atoms with Crippen molar-refractivity contribution in [3.8, 4) is 0 Å². The van der Waals surface area contributed by atoms with Crippen LogP contribution in [0, 0.1) is 0 Å². The number of ether oxygens (including phenoxy) is 1. The van der Waals surface area contributed by atoms with Gasteiger partial charge < -0.3 is 15.8 Å². The molecule has 3 N–H and O–H groups in total. The average molecular weight is 222 g/mol. The van der Waals surface area contributed by atoms with Crippen molar-refractivity contribution in [3.63, 3.8) is 0 Å². The second kappa shape index (κ2) is 5.85. The zero-order valence-corrected chi connectivity index (χ0v) is 8.42. The molecule has 88 valence electrons. The summed E-state index contributed by atoms with van der Waals surface area (Å²) in [6.07, 6.45) is -0.376. The normalized spacial score (nSPS) is 26.6. The molecule has 0 heterocycles. The van der Waals surface area contributed by atoms with Crippen LogP contribution in [0.3, 0.4) is 0 Å². The van der Waals surface area contributed by atoms with E-state index in [9.17, 15) is 13.6 Å². The Hall–Kier alpha value is -0.910. The van der Waals surface area contributed by atoms with Crippen molar-refractivity contribution in [2.75, 3.05) is 6.54 Å². The maximum atomic E-state index is 11.9. The van der Waals surface area contributed by atoms with Gasteiger partial charge in [0.25, 0.3) is 6.43 Å². The number of primary amides is 1. The summed E-state index contributed by atoms with van der Waals surface area (Å²) >= 11 is 0. The lowest BCUT2D eigenvalue weighted by Crippen LogP contribution is -2.38. The molecule has 15 heavy (non-hydrogen) atoms. The predicted molar refractivity (Wildman–Crippen MR) is 50.7 cm³/mol. The van der Waals surface area contributed by atoms with Gasteiger partial charge in [0, 0.05) is 6.04 Å². The first-order valence-corrected chi connectivity index (χ1v) is 5.05. The number of hydrogen-bond acceptors (Lipinski definition) is 3. The number of carbonyl (C=O) groups excluding carboxylic acids is 1. The molecule has 1 saturated carbocycles. The molecule has 0 unspecified atom stereocenters. The highest BCUT2D eigenvalue weighted by Gasteiger charge is 2.23. The van der Waals surface area contributed by atoms with Gasteiger partial charge in [0.1, 0.15) is 6.10 Å². The van der Waals surface area contributed by atoms with Crippen molar-refractivity contribution < 1.29 is 18.3 Å². The van der Waals surface area contributed by atoms with Gasteiger partial charge in [-0.3, -0.25) is 0 Å². The molecule has 1 aliphatic rings. The zero-order chi connectivity index (χ0) is 11.3. The third-order valence-electron chi connectivity index (χ3n) is 2.52. The monoisotopic (exact) mass is 222 g/mol. The molecule has 1 fully saturated rings. The molecule has 4 nitrogen and oxygen atoms in total. The van der Waals surface area contributed by atoms with Crippen LogP contribution in [0.15, 0.2) is 0 Å². The number of rotatable bonds is 4. The van der Waals surface area contributed by atoms with Gasteiger partial charge in [0.05, 0.1) is 6.54 Å². The topological polar surface area (TPSA) is 64.4 Å². The van der Waals surface area contributed by atoms with Crippen molar-refractivity contribution in [2.45, 2.75) is 44.3 Å². The van der Waals surface area contributed by atoms with Gasteiger partial charge in [-0.05, 0) is 25.7 Å². The summed E-state index contributed by atoms with van der Waals surface area (Å²) in [6.45, 7) is -0.272. The number of amides is 1. The number of hydrogen-bond donors (Lipinski definition) is 2. The van der Waals surface area contributed by atoms with E-state index in [1.165, 1.54) is 0 Å². The Bertz CT molecular complexity index is 206. The van der Waals surface area contributed by atoms with E-state index in [4.69, 9.17) is 10.5 Å². The van der Waals surface area contributed by atoms with E-state index in [-0.39, 0.29) is 18.7 Å². The maximum absolute atomic E-state index is 11.9. The molecule has 0 saturated heterocycles. The summed E-state index contributed by atoms with van der Waals surface area (Å²) in [5.41, 5.74) is 4.88. The van der Waals surface area contributed by atoms with Crippen LogP contribution in [0.2, 0.25) is 0 Å². The van der Waals surface area contributed by atoms with Crippen LogP contribution < -0.4 is 11.1 Å². The van der Waals surface area contributed by atoms with Crippen LogP contribution in [0.25, 0.3) is 0 Å². The molecule has 0 spiro atoms. The minimum absolute atomic E-state index is 0.103. The molecule has 0 radical (unpaired) electrons. The highest BCUT2D eigenvalue weighted by atomic mass is 19.3. The van der Waals surface area contributed by atoms with Crippen molar-refractivity contribution in [2.24, 2.45) is 5.73 Å². The van der Waals surface area contributed by atoms with E-state index in [0.717, 1.165) is 12.8 Å². The van der Waals surface area contributed by atoms with E-state index in [1.54, 1.807) is 0 Å². The molecule has 1 amide bonds. The largest absolute Gasteiger partial charge is 0.446 e. The van der Waals surface area contributed by atoms with Crippen LogP contribution in [0.1, 0.15) is 25.7 Å². The molecule has 0 aromatic rings. The third-order valence-corrected chi connectivity index (χ3v) is 2.52. The van der Waals surface area contributed by atoms with Crippen LogP contribution in [0.5, 0.6) is 0 Å². The summed E-state index contributed by atoms with van der Waals surface area (Å²) in [5, 5.41) is 2.77. The van der Waals surface area contributed by atoms with E-state index in [1.807, 2.05) is 0 Å². The number of alkyl halides is 2. The lowest BCUT2D eigenvalue weighted by molar-refractivity contribution is 0.0723. The molecule has 0 aliphatic heterocycles. The first-order chi connectivity index (χ1) is 7.08. The van der Waals surface area contributed by atoms with Gasteiger partial charge in [-0.25, -0.2) is 13.6 Å². The Morgan fingerprint density at radius 3 is 2.47 bits per heavy atom. The molecule has 1 rings (SSSR count). The number of carbonyl (C=O) groups is 1. The Balaban J connectivity index is 2.15. The Labute approximate surface area is 87.1 Å². The summed E-state index contributed by atoms with van der Waals surface area (Å²) < 4.78 is 28.6. The smallest absolute Gasteiger partial charge is 0.404 e. The maximum Gasteiger partial charge on any atom is 0.404 e. The molecule has 1 aliphatic carbocycles. The molecule has 0 aromatic heterocycles. The van der Waals surface area contributed by atoms with Crippen molar-refractivity contribution >= 4 is 6.09 Å². The first kappa shape index (κ1) is 12.2. The number of halogens is 2. The van der Waals surface area contributed by atoms with Gasteiger partial charge in [-0.2, -0.15) is 0 Å². The van der Waals surface area contributed by atoms with E-state index in [0.29, 0.717) is 12.8 Å². The predicted octanol–water partition coefficient (Wildman–Crippen LogP) is 1.25. The van der Waals surface area contributed by atoms with Crippen molar-refractivity contribution in [1.82, 2.24) is 5.32 Å². The second-order valence-electron chi connectivity index (χ2n) is 3.71. The summed E-state index contributed by atoms with van der Waals surface area (Å²) in [5.74, 6) is 0. The lowest BCUT2D eigenvalue weighted by atomic mass is 9.93. The highest BCUT2D eigenvalue weighted by Crippen LogP contribution is 2.21. The fourth-order valence-corrected chi connectivity index (χ4v) is 1.80. The van der Waals surface area contributed by atoms with Crippen LogP contribution in [-0.4, -0.2) is 31.2 Å². The van der Waals surface area contributed by atoms with Crippen LogP contribution >= 0.6 is 0 Å². The summed E-state index contributed by atoms with van der Waals surface area (Å²) in [7, 11) is 0. The van der Waals surface area contributed by atoms with Gasteiger partial charge in [-0.15, -0.1) is 0 Å². The van der Waals surface area contributed by atoms with E-state index in [2.05, 4.69) is 5.32 Å².